The molecule has 1 amide bonds. The molecule has 1 atom stereocenters. The van der Waals surface area contributed by atoms with Crippen molar-refractivity contribution in [3.05, 3.63) is 72.9 Å². The van der Waals surface area contributed by atoms with E-state index in [2.05, 4.69) is 36.5 Å². The molecular formula is C19H17BrCl2N6O2. The highest BCUT2D eigenvalue weighted by atomic mass is 79.9. The molecule has 3 aromatic rings. The topological polar surface area (TPSA) is 115 Å². The molecule has 8 nitrogen and oxygen atoms in total. The number of rotatable bonds is 5. The zero-order valence-corrected chi connectivity index (χ0v) is 19.0. The lowest BCUT2D eigenvalue weighted by Crippen LogP contribution is -2.31. The van der Waals surface area contributed by atoms with Crippen molar-refractivity contribution in [2.24, 2.45) is 0 Å². The van der Waals surface area contributed by atoms with Crippen LogP contribution in [-0.4, -0.2) is 27.5 Å². The summed E-state index contributed by atoms with van der Waals surface area (Å²) in [6, 6.07) is 4.92. The van der Waals surface area contributed by atoms with Crippen LogP contribution in [0, 0.1) is 0 Å². The smallest absolute Gasteiger partial charge is 0.273 e. The Balaban J connectivity index is 2.03. The van der Waals surface area contributed by atoms with Crippen LogP contribution in [0.4, 0.5) is 11.5 Å². The SMILES string of the molecule is CN[C@H](C)c1cncc(NC(=O)c2c(N)ncn(-c3c(Cl)cc(Br)cc3Cl)c2=O)c1. The molecule has 156 valence electrons. The maximum absolute atomic E-state index is 13.1. The number of halogens is 3. The van der Waals surface area contributed by atoms with Crippen molar-refractivity contribution in [2.75, 3.05) is 18.1 Å². The minimum absolute atomic E-state index is 0.0247. The van der Waals surface area contributed by atoms with Gasteiger partial charge in [0, 0.05) is 16.7 Å². The minimum Gasteiger partial charge on any atom is -0.383 e. The first kappa shape index (κ1) is 22.2. The lowest BCUT2D eigenvalue weighted by atomic mass is 10.1. The number of aromatic nitrogens is 3. The summed E-state index contributed by atoms with van der Waals surface area (Å²) in [6.07, 6.45) is 4.32. The van der Waals surface area contributed by atoms with Crippen molar-refractivity contribution < 1.29 is 4.79 Å². The van der Waals surface area contributed by atoms with E-state index in [0.717, 1.165) is 10.1 Å². The average molecular weight is 512 g/mol. The Bertz CT molecular complexity index is 1160. The van der Waals surface area contributed by atoms with E-state index in [0.29, 0.717) is 10.2 Å². The molecule has 0 bridgehead atoms. The number of anilines is 2. The Hall–Kier alpha value is -2.46. The van der Waals surface area contributed by atoms with Gasteiger partial charge in [0.2, 0.25) is 0 Å². The number of carbonyl (C=O) groups is 1. The maximum Gasteiger partial charge on any atom is 0.273 e. The summed E-state index contributed by atoms with van der Waals surface area (Å²) in [5, 5.41) is 6.13. The van der Waals surface area contributed by atoms with Gasteiger partial charge in [-0.05, 0) is 37.7 Å². The van der Waals surface area contributed by atoms with Gasteiger partial charge in [-0.1, -0.05) is 39.1 Å². The summed E-state index contributed by atoms with van der Waals surface area (Å²) in [5.74, 6) is -0.939. The molecule has 3 rings (SSSR count). The van der Waals surface area contributed by atoms with Crippen molar-refractivity contribution >= 4 is 56.5 Å². The summed E-state index contributed by atoms with van der Waals surface area (Å²) in [7, 11) is 1.81. The highest BCUT2D eigenvalue weighted by Gasteiger charge is 2.21. The molecule has 2 aromatic heterocycles. The number of hydrogen-bond acceptors (Lipinski definition) is 6. The standard InChI is InChI=1S/C19H17BrCl2N6O2/c1-9(24-2)10-3-12(7-25-6-10)27-18(29)15-17(23)26-8-28(19(15)30)16-13(21)4-11(20)5-14(16)22/h3-9,24H,23H2,1-2H3,(H,27,29)/t9-/m1/s1. The van der Waals surface area contributed by atoms with Gasteiger partial charge in [-0.3, -0.25) is 19.1 Å². The molecule has 4 N–H and O–H groups in total. The van der Waals surface area contributed by atoms with E-state index in [-0.39, 0.29) is 33.2 Å². The summed E-state index contributed by atoms with van der Waals surface area (Å²) < 4.78 is 1.72. The number of nitrogens with one attached hydrogen (secondary N) is 2. The van der Waals surface area contributed by atoms with Crippen LogP contribution in [0.2, 0.25) is 10.0 Å². The number of pyridine rings is 1. The van der Waals surface area contributed by atoms with Gasteiger partial charge in [-0.15, -0.1) is 0 Å². The Morgan fingerprint density at radius 3 is 2.53 bits per heavy atom. The fourth-order valence-corrected chi connectivity index (χ4v) is 4.12. The lowest BCUT2D eigenvalue weighted by molar-refractivity contribution is 0.102. The van der Waals surface area contributed by atoms with Gasteiger partial charge in [0.25, 0.3) is 11.5 Å². The third-order valence-corrected chi connectivity index (χ3v) is 5.44. The fourth-order valence-electron chi connectivity index (χ4n) is 2.73. The first-order valence-corrected chi connectivity index (χ1v) is 10.2. The highest BCUT2D eigenvalue weighted by Crippen LogP contribution is 2.31. The maximum atomic E-state index is 13.1. The van der Waals surface area contributed by atoms with E-state index in [9.17, 15) is 9.59 Å². The van der Waals surface area contributed by atoms with Crippen LogP contribution in [0.3, 0.4) is 0 Å². The molecule has 0 aliphatic heterocycles. The zero-order chi connectivity index (χ0) is 22.0. The molecule has 0 aliphatic carbocycles. The second kappa shape index (κ2) is 9.13. The van der Waals surface area contributed by atoms with Gasteiger partial charge < -0.3 is 16.4 Å². The van der Waals surface area contributed by atoms with E-state index in [1.165, 1.54) is 12.5 Å². The second-order valence-corrected chi connectivity index (χ2v) is 8.10. The number of nitrogens with two attached hydrogens (primary N) is 1. The van der Waals surface area contributed by atoms with E-state index < -0.39 is 11.5 Å². The third kappa shape index (κ3) is 4.49. The number of amides is 1. The van der Waals surface area contributed by atoms with E-state index >= 15 is 0 Å². The predicted octanol–water partition coefficient (Wildman–Crippen LogP) is 3.81. The van der Waals surface area contributed by atoms with Gasteiger partial charge in [-0.2, -0.15) is 0 Å². The normalized spacial score (nSPS) is 11.9. The van der Waals surface area contributed by atoms with Crippen LogP contribution in [-0.2, 0) is 0 Å². The predicted molar refractivity (Wildman–Crippen MR) is 122 cm³/mol. The number of hydrogen-bond donors (Lipinski definition) is 3. The number of carbonyl (C=O) groups excluding carboxylic acids is 1. The second-order valence-electron chi connectivity index (χ2n) is 6.37. The Morgan fingerprint density at radius 2 is 1.90 bits per heavy atom. The summed E-state index contributed by atoms with van der Waals surface area (Å²) in [4.78, 5) is 34.0. The van der Waals surface area contributed by atoms with Gasteiger partial charge in [0.1, 0.15) is 17.7 Å². The largest absolute Gasteiger partial charge is 0.383 e. The molecule has 0 spiro atoms. The zero-order valence-electron chi connectivity index (χ0n) is 15.9. The number of nitrogens with zero attached hydrogens (tertiary/aromatic N) is 3. The van der Waals surface area contributed by atoms with E-state index in [4.69, 9.17) is 28.9 Å². The fraction of sp³-hybridized carbons (Fsp3) is 0.158. The highest BCUT2D eigenvalue weighted by molar-refractivity contribution is 9.10. The molecule has 11 heteroatoms. The summed E-state index contributed by atoms with van der Waals surface area (Å²) in [6.45, 7) is 1.95. The van der Waals surface area contributed by atoms with Crippen LogP contribution < -0.4 is 21.9 Å². The average Bonchev–Trinajstić information content (AvgIpc) is 2.68. The molecular weight excluding hydrogens is 495 g/mol. The van der Waals surface area contributed by atoms with E-state index in [1.54, 1.807) is 24.4 Å². The molecule has 0 saturated carbocycles. The molecule has 0 aliphatic rings. The molecule has 1 aromatic carbocycles. The van der Waals surface area contributed by atoms with Gasteiger partial charge in [0.05, 0.1) is 27.6 Å². The Kier molecular flexibility index (Phi) is 6.77. The number of benzene rings is 1. The Morgan fingerprint density at radius 1 is 1.23 bits per heavy atom. The van der Waals surface area contributed by atoms with Crippen LogP contribution in [0.5, 0.6) is 0 Å². The van der Waals surface area contributed by atoms with Crippen LogP contribution in [0.15, 0.2) is 46.2 Å². The monoisotopic (exact) mass is 510 g/mol. The van der Waals surface area contributed by atoms with Crippen molar-refractivity contribution in [1.82, 2.24) is 19.9 Å². The van der Waals surface area contributed by atoms with Gasteiger partial charge in [-0.25, -0.2) is 4.98 Å². The van der Waals surface area contributed by atoms with Crippen molar-refractivity contribution in [2.45, 2.75) is 13.0 Å². The molecule has 0 fully saturated rings. The van der Waals surface area contributed by atoms with Crippen molar-refractivity contribution in [1.29, 1.82) is 0 Å². The van der Waals surface area contributed by atoms with E-state index in [1.807, 2.05) is 14.0 Å². The first-order chi connectivity index (χ1) is 14.2. The van der Waals surface area contributed by atoms with Gasteiger partial charge in [0.15, 0.2) is 0 Å². The third-order valence-electron chi connectivity index (χ3n) is 4.40. The molecule has 0 saturated heterocycles. The quantitative estimate of drug-likeness (QED) is 0.479. The Labute approximate surface area is 190 Å². The lowest BCUT2D eigenvalue weighted by Gasteiger charge is -2.14. The van der Waals surface area contributed by atoms with Crippen molar-refractivity contribution in [3.63, 3.8) is 0 Å². The minimum atomic E-state index is -0.722. The molecule has 30 heavy (non-hydrogen) atoms. The first-order valence-electron chi connectivity index (χ1n) is 8.68. The summed E-state index contributed by atoms with van der Waals surface area (Å²) >= 11 is 15.8. The molecule has 2 heterocycles. The van der Waals surface area contributed by atoms with Crippen LogP contribution in [0.1, 0.15) is 28.9 Å². The van der Waals surface area contributed by atoms with Crippen LogP contribution in [0.25, 0.3) is 5.69 Å². The molecule has 0 unspecified atom stereocenters. The van der Waals surface area contributed by atoms with Crippen LogP contribution >= 0.6 is 39.1 Å². The summed E-state index contributed by atoms with van der Waals surface area (Å²) in [5.41, 5.74) is 6.26. The van der Waals surface area contributed by atoms with Gasteiger partial charge >= 0.3 is 0 Å². The van der Waals surface area contributed by atoms with Crippen molar-refractivity contribution in [3.8, 4) is 5.69 Å². The molecule has 0 radical (unpaired) electrons. The number of nitrogen functional groups attached to an aromatic ring is 1.